The highest BCUT2D eigenvalue weighted by molar-refractivity contribution is 7.15. The number of hydrogen-bond donors (Lipinski definition) is 6. The predicted molar refractivity (Wildman–Crippen MR) is 325 cm³/mol. The summed E-state index contributed by atoms with van der Waals surface area (Å²) in [6.45, 7) is 9.26. The van der Waals surface area contributed by atoms with Crippen LogP contribution in [0.5, 0.6) is 0 Å². The lowest BCUT2D eigenvalue weighted by molar-refractivity contribution is -0.122. The van der Waals surface area contributed by atoms with E-state index in [0.717, 1.165) is 19.6 Å². The third kappa shape index (κ3) is 14.7. The number of anilines is 1. The standard InChI is InChI=1S/C56H59N13O10S6/c1-28(2)32-20-38(70)43-29(3)84-54(67-43)34(21-41(71)57-4)60-48(74)36-25-80-50(62-36)31-12-13-33(52-64-40(27-83-52)65-56(76)79-17-9-14-69-15-18-78-19-16-69)59-44(31)35-24-81-53(61-35)37-26-82-55(63-37)46(47(73)30-10-7-6-8-11-30)66-42(72)22-58-49(75)45-39(23-77-5)85-51(32)68-45/h6-8,10-13,24-28,32,34,46-47,73H,9,14-23H2,1-5H3,(H,57,71)(H,58,75)(H,60,74)(H,65,76)(H,66,72)/t32-,34-,46-,47-/m0/s1. The summed E-state index contributed by atoms with van der Waals surface area (Å²) in [5.41, 5.74) is 3.00. The van der Waals surface area contributed by atoms with E-state index in [1.165, 1.54) is 82.2 Å². The molecule has 7 aromatic heterocycles. The van der Waals surface area contributed by atoms with E-state index in [9.17, 15) is 33.9 Å². The molecule has 85 heavy (non-hydrogen) atoms. The number of aromatic nitrogens is 7. The van der Waals surface area contributed by atoms with Gasteiger partial charge in [0.05, 0.1) is 61.0 Å². The van der Waals surface area contributed by atoms with Gasteiger partial charge >= 0.3 is 6.09 Å². The Morgan fingerprint density at radius 3 is 2.28 bits per heavy atom. The van der Waals surface area contributed by atoms with Crippen LogP contribution in [-0.4, -0.2) is 141 Å². The number of benzene rings is 1. The summed E-state index contributed by atoms with van der Waals surface area (Å²) in [6.07, 6.45) is -1.45. The molecule has 444 valence electrons. The summed E-state index contributed by atoms with van der Waals surface area (Å²) in [5.74, 6) is -2.85. The van der Waals surface area contributed by atoms with E-state index in [-0.39, 0.29) is 66.6 Å². The average molecular weight is 1270 g/mol. The first-order valence-corrected chi connectivity index (χ1v) is 32.2. The second-order valence-electron chi connectivity index (χ2n) is 20.0. The van der Waals surface area contributed by atoms with Gasteiger partial charge in [-0.05, 0) is 37.0 Å². The monoisotopic (exact) mass is 1270 g/mol. The van der Waals surface area contributed by atoms with Crippen molar-refractivity contribution in [3.8, 4) is 43.4 Å². The molecule has 2 aliphatic heterocycles. The molecule has 29 heteroatoms. The molecule has 1 saturated heterocycles. The fraction of sp³-hybridized carbons (Fsp3) is 0.375. The third-order valence-corrected chi connectivity index (χ3v) is 19.6. The molecule has 10 bridgehead atoms. The van der Waals surface area contributed by atoms with Crippen LogP contribution < -0.4 is 26.6 Å². The number of ketones is 1. The molecular weight excluding hydrogens is 1210 g/mol. The number of thiazole rings is 6. The zero-order chi connectivity index (χ0) is 59.7. The lowest BCUT2D eigenvalue weighted by atomic mass is 9.90. The molecule has 1 aromatic carbocycles. The molecule has 0 spiro atoms. The van der Waals surface area contributed by atoms with Crippen molar-refractivity contribution in [2.45, 2.75) is 70.7 Å². The van der Waals surface area contributed by atoms with Crippen molar-refractivity contribution < 1.29 is 48.1 Å². The Morgan fingerprint density at radius 2 is 1.51 bits per heavy atom. The molecule has 2 aliphatic rings. The third-order valence-electron chi connectivity index (χ3n) is 13.8. The predicted octanol–water partition coefficient (Wildman–Crippen LogP) is 8.47. The maximum absolute atomic E-state index is 14.4. The number of morpholine rings is 1. The lowest BCUT2D eigenvalue weighted by Crippen LogP contribution is -2.40. The number of nitrogens with zero attached hydrogens (tertiary/aromatic N) is 8. The van der Waals surface area contributed by atoms with Crippen molar-refractivity contribution in [2.24, 2.45) is 5.92 Å². The molecule has 9 heterocycles. The number of pyridine rings is 1. The van der Waals surface area contributed by atoms with Gasteiger partial charge in [-0.1, -0.05) is 44.2 Å². The average Bonchev–Trinajstić information content (AvgIpc) is 4.30. The van der Waals surface area contributed by atoms with Gasteiger partial charge in [0.2, 0.25) is 11.8 Å². The number of aryl methyl sites for hydroxylation is 1. The van der Waals surface area contributed by atoms with Gasteiger partial charge in [-0.2, -0.15) is 0 Å². The van der Waals surface area contributed by atoms with Gasteiger partial charge in [-0.25, -0.2) is 39.7 Å². The van der Waals surface area contributed by atoms with Gasteiger partial charge < -0.3 is 40.6 Å². The van der Waals surface area contributed by atoms with Crippen LogP contribution in [0.2, 0.25) is 0 Å². The van der Waals surface area contributed by atoms with E-state index in [0.29, 0.717) is 93.3 Å². The van der Waals surface area contributed by atoms with Crippen molar-refractivity contribution in [1.82, 2.24) is 61.1 Å². The van der Waals surface area contributed by atoms with Gasteiger partial charge in [0, 0.05) is 78.1 Å². The number of aliphatic hydroxyl groups is 1. The van der Waals surface area contributed by atoms with Crippen molar-refractivity contribution in [1.29, 1.82) is 0 Å². The number of amides is 5. The normalized spacial score (nSPS) is 17.6. The second kappa shape index (κ2) is 27.9. The number of hydrogen-bond acceptors (Lipinski definition) is 24. The highest BCUT2D eigenvalue weighted by atomic mass is 32.1. The maximum atomic E-state index is 14.4. The van der Waals surface area contributed by atoms with Crippen LogP contribution >= 0.6 is 68.0 Å². The summed E-state index contributed by atoms with van der Waals surface area (Å²) in [7, 11) is 2.98. The Bertz CT molecular complexity index is 3700. The molecule has 10 rings (SSSR count). The quantitative estimate of drug-likeness (QED) is 0.0590. The Labute approximate surface area is 512 Å². The molecule has 8 aromatic rings. The molecule has 0 unspecified atom stereocenters. The molecule has 23 nitrogen and oxygen atoms in total. The number of fused-ring (bicyclic) bond motifs is 14. The van der Waals surface area contributed by atoms with E-state index in [2.05, 4.69) is 36.5 Å². The van der Waals surface area contributed by atoms with Crippen molar-refractivity contribution in [2.75, 3.05) is 65.5 Å². The first-order chi connectivity index (χ1) is 41.1. The molecule has 5 amide bonds. The van der Waals surface area contributed by atoms with Gasteiger partial charge in [-0.15, -0.1) is 68.0 Å². The van der Waals surface area contributed by atoms with Crippen LogP contribution in [0, 0.1) is 12.8 Å². The zero-order valence-electron chi connectivity index (χ0n) is 46.7. The lowest BCUT2D eigenvalue weighted by Gasteiger charge is -2.26. The van der Waals surface area contributed by atoms with Crippen LogP contribution in [0.15, 0.2) is 64.0 Å². The second-order valence-corrected chi connectivity index (χ2v) is 25.8. The molecule has 0 radical (unpaired) electrons. The Morgan fingerprint density at radius 1 is 0.776 bits per heavy atom. The minimum Gasteiger partial charge on any atom is -0.449 e. The number of rotatable bonds is 13. The minimum atomic E-state index is -1.26. The fourth-order valence-electron chi connectivity index (χ4n) is 9.31. The van der Waals surface area contributed by atoms with Crippen LogP contribution in [0.25, 0.3) is 43.4 Å². The molecule has 0 saturated carbocycles. The Kier molecular flexibility index (Phi) is 20.0. The van der Waals surface area contributed by atoms with E-state index in [1.807, 2.05) is 19.9 Å². The molecule has 1 fully saturated rings. The number of nitrogens with one attached hydrogen (secondary N) is 5. The smallest absolute Gasteiger partial charge is 0.412 e. The molecule has 6 N–H and O–H groups in total. The Balaban J connectivity index is 1.00. The highest BCUT2D eigenvalue weighted by Crippen LogP contribution is 2.41. The summed E-state index contributed by atoms with van der Waals surface area (Å²) in [4.78, 5) is 120. The van der Waals surface area contributed by atoms with Crippen LogP contribution in [0.1, 0.15) is 119 Å². The van der Waals surface area contributed by atoms with Crippen molar-refractivity contribution >= 4 is 109 Å². The number of ether oxygens (including phenoxy) is 3. The Hall–Kier alpha value is -7.19. The van der Waals surface area contributed by atoms with Crippen molar-refractivity contribution in [3.05, 3.63) is 111 Å². The summed E-state index contributed by atoms with van der Waals surface area (Å²) < 4.78 is 16.4. The van der Waals surface area contributed by atoms with Gasteiger partial charge in [0.1, 0.15) is 77.2 Å². The van der Waals surface area contributed by atoms with Crippen molar-refractivity contribution in [3.63, 3.8) is 0 Å². The van der Waals surface area contributed by atoms with Crippen LogP contribution in [0.4, 0.5) is 10.6 Å². The first kappa shape index (κ1) is 60.9. The molecule has 4 atom stereocenters. The summed E-state index contributed by atoms with van der Waals surface area (Å²) >= 11 is 7.36. The van der Waals surface area contributed by atoms with Crippen LogP contribution in [-0.2, 0) is 30.4 Å². The number of aliphatic hydroxyl groups excluding tert-OH is 1. The largest absolute Gasteiger partial charge is 0.449 e. The zero-order valence-corrected chi connectivity index (χ0v) is 51.6. The maximum Gasteiger partial charge on any atom is 0.412 e. The van der Waals surface area contributed by atoms with Crippen LogP contribution in [0.3, 0.4) is 0 Å². The minimum absolute atomic E-state index is 0.0299. The highest BCUT2D eigenvalue weighted by Gasteiger charge is 2.33. The summed E-state index contributed by atoms with van der Waals surface area (Å²) in [5, 5.41) is 35.2. The topological polar surface area (TPSA) is 304 Å². The number of carbonyl (C=O) groups is 6. The van der Waals surface area contributed by atoms with Gasteiger partial charge in [0.25, 0.3) is 11.8 Å². The summed E-state index contributed by atoms with van der Waals surface area (Å²) in [6, 6.07) is 10.4. The van der Waals surface area contributed by atoms with E-state index in [4.69, 9.17) is 44.1 Å². The first-order valence-electron chi connectivity index (χ1n) is 27.0. The number of Topliss-reactive ketones (excluding diaryl/α,β-unsaturated/α-hetero) is 1. The molecular formula is C56H59N13O10S6. The number of methoxy groups -OCH3 is 1. The van der Waals surface area contributed by atoms with E-state index < -0.39 is 54.5 Å². The van der Waals surface area contributed by atoms with E-state index in [1.54, 1.807) is 64.8 Å². The van der Waals surface area contributed by atoms with Gasteiger partial charge in [0.15, 0.2) is 5.78 Å². The number of carbonyl (C=O) groups excluding carboxylic acids is 6. The van der Waals surface area contributed by atoms with E-state index >= 15 is 0 Å². The van der Waals surface area contributed by atoms with Gasteiger partial charge in [-0.3, -0.25) is 34.2 Å². The SMILES string of the molecule is CNC(=O)C[C@@H]1NC(=O)c2csc(n2)-c2ccc(-c3nc(NC(=O)OCCCN4CCOCC4)cs3)nc2-c2csc(n2)-c2csc(n2)[C@H]([C@@H](O)c2ccccc2)NC(=O)CNC(=O)c2nc(sc2COC)[C@H](C(C)C)CC(=O)c2nc1sc2C. The fourth-order valence-corrected chi connectivity index (χ4v) is 14.9. The molecule has 0 aliphatic carbocycles.